The molecule has 1 aliphatic rings. The van der Waals surface area contributed by atoms with Gasteiger partial charge in [0.25, 0.3) is 0 Å². The van der Waals surface area contributed by atoms with E-state index >= 15 is 0 Å². The molecule has 0 aliphatic carbocycles. The maximum absolute atomic E-state index is 5.49. The van der Waals surface area contributed by atoms with E-state index in [1.807, 2.05) is 30.3 Å². The summed E-state index contributed by atoms with van der Waals surface area (Å²) in [6.07, 6.45) is 5.49. The van der Waals surface area contributed by atoms with Gasteiger partial charge in [0.05, 0.1) is 18.9 Å². The number of amidine groups is 1. The first kappa shape index (κ1) is 10.7. The van der Waals surface area contributed by atoms with E-state index in [2.05, 4.69) is 15.8 Å². The highest BCUT2D eigenvalue weighted by Gasteiger charge is 2.13. The van der Waals surface area contributed by atoms with Crippen LogP contribution in [-0.2, 0) is 4.74 Å². The molecule has 0 unspecified atom stereocenters. The Morgan fingerprint density at radius 3 is 2.56 bits per heavy atom. The van der Waals surface area contributed by atoms with Gasteiger partial charge in [-0.2, -0.15) is 0 Å². The Morgan fingerprint density at radius 2 is 1.94 bits per heavy atom. The van der Waals surface area contributed by atoms with E-state index in [0.29, 0.717) is 5.84 Å². The first-order valence-corrected chi connectivity index (χ1v) is 5.33. The van der Waals surface area contributed by atoms with Crippen LogP contribution in [0.3, 0.4) is 0 Å². The van der Waals surface area contributed by atoms with Gasteiger partial charge in [-0.3, -0.25) is 0 Å². The number of terminal acetylenes is 1. The third-order valence-electron chi connectivity index (χ3n) is 2.43. The zero-order chi connectivity index (χ0) is 11.2. The largest absolute Gasteiger partial charge is 0.378 e. The topological polar surface area (TPSA) is 24.8 Å². The monoisotopic (exact) mass is 214 g/mol. The SMILES string of the molecule is C#CC(=Nc1ccccc1)N1CCOCC1. The fourth-order valence-corrected chi connectivity index (χ4v) is 1.59. The lowest BCUT2D eigenvalue weighted by Gasteiger charge is -2.27. The van der Waals surface area contributed by atoms with Gasteiger partial charge in [-0.25, -0.2) is 4.99 Å². The van der Waals surface area contributed by atoms with Crippen LogP contribution >= 0.6 is 0 Å². The summed E-state index contributed by atoms with van der Waals surface area (Å²) in [5, 5.41) is 0. The standard InChI is InChI=1S/C13H14N2O/c1-2-13(15-8-10-16-11-9-15)14-12-6-4-3-5-7-12/h1,3-7H,8-11H2. The zero-order valence-electron chi connectivity index (χ0n) is 9.10. The molecule has 82 valence electrons. The minimum absolute atomic E-state index is 0.689. The number of benzene rings is 1. The van der Waals surface area contributed by atoms with Crippen molar-refractivity contribution in [2.24, 2.45) is 4.99 Å². The van der Waals surface area contributed by atoms with Gasteiger partial charge in [-0.15, -0.1) is 6.42 Å². The highest BCUT2D eigenvalue weighted by Crippen LogP contribution is 2.11. The third kappa shape index (κ3) is 2.62. The van der Waals surface area contributed by atoms with Gasteiger partial charge in [0.15, 0.2) is 5.84 Å². The summed E-state index contributed by atoms with van der Waals surface area (Å²) in [7, 11) is 0. The highest BCUT2D eigenvalue weighted by atomic mass is 16.5. The molecule has 0 spiro atoms. The first-order valence-electron chi connectivity index (χ1n) is 5.33. The molecular formula is C13H14N2O. The molecule has 0 N–H and O–H groups in total. The number of para-hydroxylation sites is 1. The molecule has 16 heavy (non-hydrogen) atoms. The number of ether oxygens (including phenoxy) is 1. The zero-order valence-corrected chi connectivity index (χ0v) is 9.10. The second-order valence-electron chi connectivity index (χ2n) is 3.51. The Bertz CT molecular complexity index is 400. The number of morpholine rings is 1. The molecule has 1 aromatic rings. The van der Waals surface area contributed by atoms with Gasteiger partial charge >= 0.3 is 0 Å². The second kappa shape index (κ2) is 5.34. The molecule has 1 aromatic carbocycles. The summed E-state index contributed by atoms with van der Waals surface area (Å²) in [6.45, 7) is 3.07. The van der Waals surface area contributed by atoms with Crippen LogP contribution in [0.1, 0.15) is 0 Å². The molecule has 0 bridgehead atoms. The van der Waals surface area contributed by atoms with E-state index in [4.69, 9.17) is 11.2 Å². The maximum Gasteiger partial charge on any atom is 0.181 e. The molecule has 0 radical (unpaired) electrons. The molecule has 1 saturated heterocycles. The molecule has 0 atom stereocenters. The van der Waals surface area contributed by atoms with Gasteiger partial charge in [-0.1, -0.05) is 18.2 Å². The third-order valence-corrected chi connectivity index (χ3v) is 2.43. The number of aliphatic imine (C=N–C) groups is 1. The van der Waals surface area contributed by atoms with Crippen molar-refractivity contribution in [3.63, 3.8) is 0 Å². The molecule has 1 heterocycles. The minimum Gasteiger partial charge on any atom is -0.378 e. The number of nitrogens with zero attached hydrogens (tertiary/aromatic N) is 2. The van der Waals surface area contributed by atoms with E-state index < -0.39 is 0 Å². The van der Waals surface area contributed by atoms with Crippen LogP contribution in [0, 0.1) is 12.3 Å². The Balaban J connectivity index is 2.16. The van der Waals surface area contributed by atoms with Gasteiger partial charge in [0.2, 0.25) is 0 Å². The number of hydrogen-bond donors (Lipinski definition) is 0. The summed E-state index contributed by atoms with van der Waals surface area (Å²) < 4.78 is 5.28. The van der Waals surface area contributed by atoms with Crippen LogP contribution in [0.2, 0.25) is 0 Å². The Labute approximate surface area is 95.7 Å². The van der Waals surface area contributed by atoms with Gasteiger partial charge in [-0.05, 0) is 18.1 Å². The number of hydrogen-bond acceptors (Lipinski definition) is 2. The molecule has 1 aliphatic heterocycles. The van der Waals surface area contributed by atoms with Crippen LogP contribution < -0.4 is 0 Å². The summed E-state index contributed by atoms with van der Waals surface area (Å²) in [6, 6.07) is 9.75. The summed E-state index contributed by atoms with van der Waals surface area (Å²) >= 11 is 0. The molecular weight excluding hydrogens is 200 g/mol. The molecule has 3 heteroatoms. The van der Waals surface area contributed by atoms with E-state index in [1.54, 1.807) is 0 Å². The van der Waals surface area contributed by atoms with Gasteiger partial charge < -0.3 is 9.64 Å². The fourth-order valence-electron chi connectivity index (χ4n) is 1.59. The molecule has 3 nitrogen and oxygen atoms in total. The molecule has 2 rings (SSSR count). The van der Waals surface area contributed by atoms with Crippen molar-refractivity contribution in [3.05, 3.63) is 30.3 Å². The van der Waals surface area contributed by atoms with Crippen molar-refractivity contribution in [3.8, 4) is 12.3 Å². The van der Waals surface area contributed by atoms with Crippen molar-refractivity contribution in [1.82, 2.24) is 4.90 Å². The van der Waals surface area contributed by atoms with Gasteiger partial charge in [0, 0.05) is 13.1 Å². The Hall–Kier alpha value is -1.79. The predicted octanol–water partition coefficient (Wildman–Crippen LogP) is 1.68. The van der Waals surface area contributed by atoms with Crippen LogP contribution in [0.15, 0.2) is 35.3 Å². The summed E-state index contributed by atoms with van der Waals surface area (Å²) in [4.78, 5) is 6.53. The Morgan fingerprint density at radius 1 is 1.25 bits per heavy atom. The van der Waals surface area contributed by atoms with E-state index in [1.165, 1.54) is 0 Å². The molecule has 1 fully saturated rings. The predicted molar refractivity (Wildman–Crippen MR) is 64.8 cm³/mol. The average molecular weight is 214 g/mol. The van der Waals surface area contributed by atoms with E-state index in [9.17, 15) is 0 Å². The van der Waals surface area contributed by atoms with E-state index in [0.717, 1.165) is 32.0 Å². The van der Waals surface area contributed by atoms with Crippen LogP contribution in [-0.4, -0.2) is 37.0 Å². The van der Waals surface area contributed by atoms with Crippen LogP contribution in [0.25, 0.3) is 0 Å². The quantitative estimate of drug-likeness (QED) is 0.403. The highest BCUT2D eigenvalue weighted by molar-refractivity contribution is 5.99. The summed E-state index contributed by atoms with van der Waals surface area (Å²) in [5.74, 6) is 3.33. The van der Waals surface area contributed by atoms with Crippen molar-refractivity contribution in [2.75, 3.05) is 26.3 Å². The fraction of sp³-hybridized carbons (Fsp3) is 0.308. The van der Waals surface area contributed by atoms with Crippen molar-refractivity contribution >= 4 is 11.5 Å². The van der Waals surface area contributed by atoms with Gasteiger partial charge in [0.1, 0.15) is 0 Å². The van der Waals surface area contributed by atoms with E-state index in [-0.39, 0.29) is 0 Å². The van der Waals surface area contributed by atoms with Crippen LogP contribution in [0.5, 0.6) is 0 Å². The lowest BCUT2D eigenvalue weighted by atomic mass is 10.3. The minimum atomic E-state index is 0.689. The smallest absolute Gasteiger partial charge is 0.181 e. The average Bonchev–Trinajstić information content (AvgIpc) is 2.38. The van der Waals surface area contributed by atoms with Crippen LogP contribution in [0.4, 0.5) is 5.69 Å². The Kier molecular flexibility index (Phi) is 3.58. The molecule has 0 amide bonds. The normalized spacial score (nSPS) is 16.9. The maximum atomic E-state index is 5.49. The molecule has 0 aromatic heterocycles. The first-order chi connectivity index (χ1) is 7.90. The van der Waals surface area contributed by atoms with Crippen molar-refractivity contribution in [2.45, 2.75) is 0 Å². The second-order valence-corrected chi connectivity index (χ2v) is 3.51. The van der Waals surface area contributed by atoms with Crippen molar-refractivity contribution < 1.29 is 4.74 Å². The summed E-state index contributed by atoms with van der Waals surface area (Å²) in [5.41, 5.74) is 0.891. The molecule has 0 saturated carbocycles. The van der Waals surface area contributed by atoms with Crippen molar-refractivity contribution in [1.29, 1.82) is 0 Å². The number of rotatable bonds is 1. The lowest BCUT2D eigenvalue weighted by molar-refractivity contribution is 0.0687. The lowest BCUT2D eigenvalue weighted by Crippen LogP contribution is -2.40.